The highest BCUT2D eigenvalue weighted by molar-refractivity contribution is 6.74. The highest BCUT2D eigenvalue weighted by atomic mass is 28.4. The van der Waals surface area contributed by atoms with Crippen molar-refractivity contribution < 1.29 is 14.3 Å². The lowest BCUT2D eigenvalue weighted by molar-refractivity contribution is 0.111. The summed E-state index contributed by atoms with van der Waals surface area (Å²) in [6.07, 6.45) is 3.33. The monoisotopic (exact) mass is 487 g/mol. The molecule has 2 heterocycles. The number of carbonyl (C=O) groups is 1. The molecule has 0 saturated carbocycles. The number of nitrogens with zero attached hydrogens (tertiary/aromatic N) is 2. The van der Waals surface area contributed by atoms with E-state index in [0.29, 0.717) is 18.7 Å². The first-order chi connectivity index (χ1) is 16.6. The number of aromatic amines is 1. The molecule has 4 rings (SSSR count). The maximum Gasteiger partial charge on any atom is 0.192 e. The number of pyridine rings is 1. The lowest BCUT2D eigenvalue weighted by atomic mass is 9.88. The Morgan fingerprint density at radius 3 is 2.37 bits per heavy atom. The van der Waals surface area contributed by atoms with Crippen LogP contribution in [0.15, 0.2) is 48.7 Å². The summed E-state index contributed by atoms with van der Waals surface area (Å²) in [5.41, 5.74) is 6.77. The van der Waals surface area contributed by atoms with Crippen molar-refractivity contribution in [1.82, 2.24) is 15.2 Å². The van der Waals surface area contributed by atoms with Crippen LogP contribution in [0.1, 0.15) is 49.4 Å². The third-order valence-electron chi connectivity index (χ3n) is 7.13. The number of rotatable bonds is 7. The van der Waals surface area contributed by atoms with Gasteiger partial charge in [0.2, 0.25) is 0 Å². The molecule has 6 nitrogen and oxygen atoms in total. The van der Waals surface area contributed by atoms with Crippen LogP contribution in [0.3, 0.4) is 0 Å². The Labute approximate surface area is 207 Å². The molecule has 4 aromatic rings. The van der Waals surface area contributed by atoms with Gasteiger partial charge in [-0.25, -0.2) is 4.98 Å². The van der Waals surface area contributed by atoms with Crippen molar-refractivity contribution in [2.24, 2.45) is 0 Å². The molecule has 0 unspecified atom stereocenters. The van der Waals surface area contributed by atoms with Gasteiger partial charge in [-0.2, -0.15) is 5.10 Å². The van der Waals surface area contributed by atoms with Crippen molar-refractivity contribution in [2.75, 3.05) is 0 Å². The molecular formula is C28H33N3O3Si. The van der Waals surface area contributed by atoms with Gasteiger partial charge < -0.3 is 9.53 Å². The number of carbonyl (C=O) groups excluding carboxylic acids is 1. The van der Waals surface area contributed by atoms with Crippen molar-refractivity contribution in [3.63, 3.8) is 0 Å². The largest absolute Gasteiger partial charge is 0.508 e. The van der Waals surface area contributed by atoms with Gasteiger partial charge in [-0.05, 0) is 65.5 Å². The molecule has 0 aliphatic heterocycles. The van der Waals surface area contributed by atoms with Gasteiger partial charge in [-0.1, -0.05) is 45.9 Å². The maximum atomic E-state index is 12.3. The molecule has 2 N–H and O–H groups in total. The highest BCUT2D eigenvalue weighted by Gasteiger charge is 2.37. The molecule has 2 aromatic carbocycles. The van der Waals surface area contributed by atoms with Crippen LogP contribution in [0, 0.1) is 0 Å². The Kier molecular flexibility index (Phi) is 6.66. The zero-order chi connectivity index (χ0) is 25.4. The van der Waals surface area contributed by atoms with Crippen LogP contribution < -0.4 is 0 Å². The molecule has 35 heavy (non-hydrogen) atoms. The Bertz CT molecular complexity index is 1370. The van der Waals surface area contributed by atoms with Gasteiger partial charge in [0.25, 0.3) is 0 Å². The van der Waals surface area contributed by atoms with Crippen LogP contribution >= 0.6 is 0 Å². The summed E-state index contributed by atoms with van der Waals surface area (Å²) in [5.74, 6) is 0.178. The van der Waals surface area contributed by atoms with Gasteiger partial charge in [0.15, 0.2) is 14.6 Å². The van der Waals surface area contributed by atoms with Gasteiger partial charge in [0.05, 0.1) is 24.0 Å². The molecule has 2 aromatic heterocycles. The first kappa shape index (κ1) is 24.8. The predicted octanol–water partition coefficient (Wildman–Crippen LogP) is 6.89. The Balaban J connectivity index is 1.97. The molecule has 0 fully saturated rings. The molecule has 0 aliphatic carbocycles. The van der Waals surface area contributed by atoms with Crippen LogP contribution in [0.5, 0.6) is 5.75 Å². The fourth-order valence-electron chi connectivity index (χ4n) is 4.11. The van der Waals surface area contributed by atoms with Gasteiger partial charge >= 0.3 is 0 Å². The number of aldehydes is 1. The van der Waals surface area contributed by atoms with E-state index in [1.165, 1.54) is 0 Å². The Morgan fingerprint density at radius 2 is 1.74 bits per heavy atom. The molecule has 7 heteroatoms. The number of fused-ring (bicyclic) bond motifs is 1. The smallest absolute Gasteiger partial charge is 0.192 e. The summed E-state index contributed by atoms with van der Waals surface area (Å²) >= 11 is 0. The Morgan fingerprint density at radius 1 is 1.06 bits per heavy atom. The van der Waals surface area contributed by atoms with Crippen LogP contribution in [-0.4, -0.2) is 34.9 Å². The fraction of sp³-hybridized carbons (Fsp3) is 0.321. The zero-order valence-corrected chi connectivity index (χ0v) is 22.3. The summed E-state index contributed by atoms with van der Waals surface area (Å²) in [7, 11) is -2.05. The molecule has 0 atom stereocenters. The first-order valence-corrected chi connectivity index (χ1v) is 14.8. The number of hydrogen-bond donors (Lipinski definition) is 2. The molecule has 0 aliphatic rings. The number of benzene rings is 2. The number of nitrogens with one attached hydrogen (secondary N) is 1. The molecule has 0 amide bonds. The van der Waals surface area contributed by atoms with E-state index < -0.39 is 8.32 Å². The summed E-state index contributed by atoms with van der Waals surface area (Å²) in [5, 5.41) is 18.1. The second-order valence-electron chi connectivity index (χ2n) is 10.4. The molecular weight excluding hydrogens is 454 g/mol. The van der Waals surface area contributed by atoms with E-state index >= 15 is 0 Å². The van der Waals surface area contributed by atoms with E-state index in [2.05, 4.69) is 63.1 Å². The van der Waals surface area contributed by atoms with Crippen LogP contribution in [0.25, 0.3) is 33.2 Å². The first-order valence-electron chi connectivity index (χ1n) is 11.9. The van der Waals surface area contributed by atoms with Crippen molar-refractivity contribution >= 4 is 25.5 Å². The van der Waals surface area contributed by atoms with Gasteiger partial charge in [-0.3, -0.25) is 9.89 Å². The average molecular weight is 488 g/mol. The molecule has 0 saturated heterocycles. The number of hydrogen-bond acceptors (Lipinski definition) is 5. The van der Waals surface area contributed by atoms with Gasteiger partial charge in [-0.15, -0.1) is 0 Å². The average Bonchev–Trinajstić information content (AvgIpc) is 3.29. The normalized spacial score (nSPS) is 12.3. The molecule has 182 valence electrons. The topological polar surface area (TPSA) is 88.1 Å². The third-order valence-corrected chi connectivity index (χ3v) is 11.6. The zero-order valence-electron chi connectivity index (χ0n) is 21.3. The van der Waals surface area contributed by atoms with Crippen molar-refractivity contribution in [3.05, 3.63) is 65.6 Å². The summed E-state index contributed by atoms with van der Waals surface area (Å²) in [6.45, 7) is 13.5. The fourth-order valence-corrected chi connectivity index (χ4v) is 5.04. The summed E-state index contributed by atoms with van der Waals surface area (Å²) in [6, 6.07) is 13.1. The van der Waals surface area contributed by atoms with Gasteiger partial charge in [0.1, 0.15) is 11.4 Å². The van der Waals surface area contributed by atoms with Crippen LogP contribution in [0.4, 0.5) is 0 Å². The molecule has 0 spiro atoms. The SMILES string of the molecule is CCc1c(-c2ccc(O)cc2)c(C=O)nc(CO[Si](C)(C)C(C)(C)C)c1-c1ccc2[nH]ncc2c1. The minimum atomic E-state index is -2.05. The number of phenolic OH excluding ortho intramolecular Hbond substituents is 1. The van der Waals surface area contributed by atoms with Crippen LogP contribution in [-0.2, 0) is 17.5 Å². The third kappa shape index (κ3) is 4.79. The maximum absolute atomic E-state index is 12.3. The summed E-state index contributed by atoms with van der Waals surface area (Å²) < 4.78 is 6.58. The quantitative estimate of drug-likeness (QED) is 0.219. The van der Waals surface area contributed by atoms with E-state index in [-0.39, 0.29) is 10.8 Å². The minimum Gasteiger partial charge on any atom is -0.508 e. The van der Waals surface area contributed by atoms with E-state index in [1.54, 1.807) is 12.1 Å². The lowest BCUT2D eigenvalue weighted by Gasteiger charge is -2.36. The van der Waals surface area contributed by atoms with E-state index in [9.17, 15) is 9.90 Å². The Hall–Kier alpha value is -3.29. The second-order valence-corrected chi connectivity index (χ2v) is 15.2. The molecule has 0 radical (unpaired) electrons. The van der Waals surface area contributed by atoms with Crippen molar-refractivity contribution in [1.29, 1.82) is 0 Å². The van der Waals surface area contributed by atoms with E-state index in [1.807, 2.05) is 24.4 Å². The minimum absolute atomic E-state index is 0.0515. The molecule has 0 bridgehead atoms. The van der Waals surface area contributed by atoms with Crippen molar-refractivity contribution in [2.45, 2.75) is 58.9 Å². The summed E-state index contributed by atoms with van der Waals surface area (Å²) in [4.78, 5) is 17.2. The van der Waals surface area contributed by atoms with Crippen LogP contribution in [0.2, 0.25) is 18.1 Å². The number of aromatic hydroxyl groups is 1. The van der Waals surface area contributed by atoms with E-state index in [0.717, 1.165) is 50.7 Å². The standard InChI is InChI=1S/C28H33N3O3Si/c1-7-22-26(18-8-11-21(33)12-9-18)24(16-32)30-25(17-34-35(5,6)28(2,3)4)27(22)19-10-13-23-20(14-19)15-29-31-23/h8-16,33H,7,17H2,1-6H3,(H,29,31). The van der Waals surface area contributed by atoms with Gasteiger partial charge in [0, 0.05) is 16.5 Å². The number of aromatic nitrogens is 3. The second kappa shape index (κ2) is 9.39. The van der Waals surface area contributed by atoms with E-state index in [4.69, 9.17) is 9.41 Å². The van der Waals surface area contributed by atoms with Crippen molar-refractivity contribution in [3.8, 4) is 28.0 Å². The number of H-pyrrole nitrogens is 1. The highest BCUT2D eigenvalue weighted by Crippen LogP contribution is 2.40. The number of phenols is 1. The lowest BCUT2D eigenvalue weighted by Crippen LogP contribution is -2.40. The predicted molar refractivity (Wildman–Crippen MR) is 143 cm³/mol.